The lowest BCUT2D eigenvalue weighted by Gasteiger charge is -2.13. The molecule has 0 saturated carbocycles. The Bertz CT molecular complexity index is 347. The van der Waals surface area contributed by atoms with E-state index < -0.39 is 0 Å². The molecule has 3 nitrogen and oxygen atoms in total. The van der Waals surface area contributed by atoms with Crippen LogP contribution in [-0.2, 0) is 4.74 Å². The lowest BCUT2D eigenvalue weighted by atomic mass is 10.0. The van der Waals surface area contributed by atoms with Crippen molar-refractivity contribution in [3.63, 3.8) is 0 Å². The van der Waals surface area contributed by atoms with Crippen molar-refractivity contribution >= 4 is 0 Å². The molecule has 0 saturated heterocycles. The largest absolute Gasteiger partial charge is 0.487 e. The van der Waals surface area contributed by atoms with Crippen molar-refractivity contribution in [1.82, 2.24) is 0 Å². The maximum absolute atomic E-state index is 5.65. The summed E-state index contributed by atoms with van der Waals surface area (Å²) in [6.07, 6.45) is 0. The van der Waals surface area contributed by atoms with Gasteiger partial charge in [-0.25, -0.2) is 0 Å². The van der Waals surface area contributed by atoms with Crippen LogP contribution < -0.4 is 9.47 Å². The molecule has 0 bridgehead atoms. The van der Waals surface area contributed by atoms with E-state index in [0.29, 0.717) is 32.3 Å². The van der Waals surface area contributed by atoms with Gasteiger partial charge in [0.2, 0.25) is 0 Å². The van der Waals surface area contributed by atoms with Gasteiger partial charge >= 0.3 is 0 Å². The quantitative estimate of drug-likeness (QED) is 0.731. The highest BCUT2D eigenvalue weighted by Crippen LogP contribution is 2.31. The smallest absolute Gasteiger partial charge is 0.161 e. The van der Waals surface area contributed by atoms with Crippen molar-refractivity contribution in [2.75, 3.05) is 26.4 Å². The fraction of sp³-hybridized carbons (Fsp3) is 0.538. The molecule has 88 valence electrons. The van der Waals surface area contributed by atoms with Gasteiger partial charge in [-0.15, -0.1) is 0 Å². The first kappa shape index (κ1) is 11.3. The summed E-state index contributed by atoms with van der Waals surface area (Å²) in [6, 6.07) is 6.13. The fourth-order valence-corrected chi connectivity index (χ4v) is 1.64. The third kappa shape index (κ3) is 2.67. The molecule has 1 aliphatic rings. The van der Waals surface area contributed by atoms with Crippen molar-refractivity contribution < 1.29 is 14.2 Å². The van der Waals surface area contributed by atoms with Gasteiger partial charge < -0.3 is 14.2 Å². The van der Waals surface area contributed by atoms with E-state index in [9.17, 15) is 0 Å². The predicted molar refractivity (Wildman–Crippen MR) is 62.3 cm³/mol. The van der Waals surface area contributed by atoms with Gasteiger partial charge in [0.25, 0.3) is 0 Å². The van der Waals surface area contributed by atoms with Gasteiger partial charge in [0.05, 0.1) is 13.2 Å². The summed E-state index contributed by atoms with van der Waals surface area (Å²) in [4.78, 5) is 0. The highest BCUT2D eigenvalue weighted by Gasteiger charge is 2.10. The Morgan fingerprint density at radius 3 is 2.31 bits per heavy atom. The van der Waals surface area contributed by atoms with Crippen LogP contribution in [0.2, 0.25) is 0 Å². The summed E-state index contributed by atoms with van der Waals surface area (Å²) >= 11 is 0. The summed E-state index contributed by atoms with van der Waals surface area (Å²) in [7, 11) is 0. The van der Waals surface area contributed by atoms with Crippen LogP contribution >= 0.6 is 0 Å². The second-order valence-electron chi connectivity index (χ2n) is 4.17. The minimum atomic E-state index is 0.498. The summed E-state index contributed by atoms with van der Waals surface area (Å²) in [5.41, 5.74) is 1.27. The maximum atomic E-state index is 5.65. The number of hydrogen-bond donors (Lipinski definition) is 0. The van der Waals surface area contributed by atoms with Crippen LogP contribution in [0.3, 0.4) is 0 Å². The molecule has 0 spiro atoms. The van der Waals surface area contributed by atoms with Crippen molar-refractivity contribution in [3.8, 4) is 11.5 Å². The summed E-state index contributed by atoms with van der Waals surface area (Å²) < 4.78 is 16.6. The van der Waals surface area contributed by atoms with Crippen LogP contribution in [-0.4, -0.2) is 26.4 Å². The van der Waals surface area contributed by atoms with Gasteiger partial charge in [-0.05, 0) is 23.6 Å². The van der Waals surface area contributed by atoms with Crippen molar-refractivity contribution in [1.29, 1.82) is 0 Å². The number of ether oxygens (including phenoxy) is 3. The second-order valence-corrected chi connectivity index (χ2v) is 4.17. The Morgan fingerprint density at radius 2 is 1.62 bits per heavy atom. The molecular formula is C13H18O3. The summed E-state index contributed by atoms with van der Waals surface area (Å²) in [5.74, 6) is 2.14. The molecule has 1 aromatic rings. The van der Waals surface area contributed by atoms with E-state index in [2.05, 4.69) is 26.0 Å². The molecule has 1 heterocycles. The van der Waals surface area contributed by atoms with E-state index in [4.69, 9.17) is 14.2 Å². The standard InChI is InChI=1S/C13H18O3/c1-10(2)11-3-4-12-13(9-11)16-8-6-14-5-7-15-12/h3-4,9-10H,5-8H2,1-2H3. The topological polar surface area (TPSA) is 27.7 Å². The van der Waals surface area contributed by atoms with E-state index >= 15 is 0 Å². The van der Waals surface area contributed by atoms with Gasteiger partial charge in [-0.2, -0.15) is 0 Å². The number of hydrogen-bond acceptors (Lipinski definition) is 3. The van der Waals surface area contributed by atoms with Crippen molar-refractivity contribution in [3.05, 3.63) is 23.8 Å². The van der Waals surface area contributed by atoms with Gasteiger partial charge in [-0.1, -0.05) is 19.9 Å². The predicted octanol–water partition coefficient (Wildman–Crippen LogP) is 2.60. The Labute approximate surface area is 96.3 Å². The first-order valence-electron chi connectivity index (χ1n) is 5.74. The first-order chi connectivity index (χ1) is 7.77. The molecule has 3 heteroatoms. The highest BCUT2D eigenvalue weighted by molar-refractivity contribution is 5.43. The first-order valence-corrected chi connectivity index (χ1v) is 5.74. The third-order valence-electron chi connectivity index (χ3n) is 2.60. The van der Waals surface area contributed by atoms with Gasteiger partial charge in [0.1, 0.15) is 13.2 Å². The Morgan fingerprint density at radius 1 is 0.938 bits per heavy atom. The van der Waals surface area contributed by atoms with Crippen LogP contribution in [0.4, 0.5) is 0 Å². The minimum absolute atomic E-state index is 0.498. The van der Waals surface area contributed by atoms with Crippen molar-refractivity contribution in [2.24, 2.45) is 0 Å². The van der Waals surface area contributed by atoms with Crippen LogP contribution in [0, 0.1) is 0 Å². The van der Waals surface area contributed by atoms with Gasteiger partial charge in [0.15, 0.2) is 11.5 Å². The molecule has 16 heavy (non-hydrogen) atoms. The van der Waals surface area contributed by atoms with E-state index in [-0.39, 0.29) is 0 Å². The molecule has 1 aliphatic heterocycles. The second kappa shape index (κ2) is 5.21. The molecule has 0 unspecified atom stereocenters. The molecule has 0 atom stereocenters. The zero-order valence-electron chi connectivity index (χ0n) is 9.86. The average Bonchev–Trinajstić information content (AvgIpc) is 2.39. The number of fused-ring (bicyclic) bond motifs is 1. The molecule has 1 aromatic carbocycles. The monoisotopic (exact) mass is 222 g/mol. The van der Waals surface area contributed by atoms with Crippen LogP contribution in [0.5, 0.6) is 11.5 Å². The van der Waals surface area contributed by atoms with Gasteiger partial charge in [0, 0.05) is 0 Å². The highest BCUT2D eigenvalue weighted by atomic mass is 16.6. The zero-order chi connectivity index (χ0) is 11.4. The lowest BCUT2D eigenvalue weighted by Crippen LogP contribution is -2.08. The minimum Gasteiger partial charge on any atom is -0.487 e. The summed E-state index contributed by atoms with van der Waals surface area (Å²) in [6.45, 7) is 6.74. The Kier molecular flexibility index (Phi) is 3.67. The van der Waals surface area contributed by atoms with E-state index in [1.54, 1.807) is 0 Å². The molecule has 0 radical (unpaired) electrons. The Balaban J connectivity index is 2.24. The Hall–Kier alpha value is -1.22. The molecule has 0 amide bonds. The SMILES string of the molecule is CC(C)c1ccc2c(c1)OCCOCCO2. The molecule has 2 rings (SSSR count). The van der Waals surface area contributed by atoms with Crippen molar-refractivity contribution in [2.45, 2.75) is 19.8 Å². The summed E-state index contributed by atoms with van der Waals surface area (Å²) in [5, 5.41) is 0. The van der Waals surface area contributed by atoms with E-state index in [1.807, 2.05) is 6.07 Å². The maximum Gasteiger partial charge on any atom is 0.161 e. The average molecular weight is 222 g/mol. The molecular weight excluding hydrogens is 204 g/mol. The molecule has 0 fully saturated rings. The van der Waals surface area contributed by atoms with E-state index in [0.717, 1.165) is 11.5 Å². The molecule has 0 aromatic heterocycles. The number of benzene rings is 1. The zero-order valence-corrected chi connectivity index (χ0v) is 9.86. The van der Waals surface area contributed by atoms with Crippen LogP contribution in [0.25, 0.3) is 0 Å². The molecule has 0 aliphatic carbocycles. The fourth-order valence-electron chi connectivity index (χ4n) is 1.64. The van der Waals surface area contributed by atoms with Crippen LogP contribution in [0.15, 0.2) is 18.2 Å². The molecule has 0 N–H and O–H groups in total. The van der Waals surface area contributed by atoms with Crippen LogP contribution in [0.1, 0.15) is 25.3 Å². The lowest BCUT2D eigenvalue weighted by molar-refractivity contribution is 0.0877. The third-order valence-corrected chi connectivity index (χ3v) is 2.60. The van der Waals surface area contributed by atoms with E-state index in [1.165, 1.54) is 5.56 Å². The van der Waals surface area contributed by atoms with Gasteiger partial charge in [-0.3, -0.25) is 0 Å². The normalized spacial score (nSPS) is 16.4. The number of rotatable bonds is 1.